The number of carbonyl (C=O) groups excluding carboxylic acids is 5. The van der Waals surface area contributed by atoms with E-state index in [0.29, 0.717) is 108 Å². The quantitative estimate of drug-likeness (QED) is 0.0714. The van der Waals surface area contributed by atoms with Crippen LogP contribution in [0.25, 0.3) is 0 Å². The predicted molar refractivity (Wildman–Crippen MR) is 327 cm³/mol. The van der Waals surface area contributed by atoms with Crippen LogP contribution in [0.3, 0.4) is 0 Å². The number of hydrogen-bond acceptors (Lipinski definition) is 10. The van der Waals surface area contributed by atoms with Gasteiger partial charge in [0.2, 0.25) is 0 Å². The molecule has 0 unspecified atom stereocenters. The van der Waals surface area contributed by atoms with Crippen LogP contribution in [-0.4, -0.2) is 106 Å². The fourth-order valence-corrected chi connectivity index (χ4v) is 22.1. The second kappa shape index (κ2) is 22.2. The summed E-state index contributed by atoms with van der Waals surface area (Å²) >= 11 is 0. The second-order valence-electron chi connectivity index (χ2n) is 30.5. The molecule has 20 atom stereocenters. The molecule has 4 heterocycles. The Morgan fingerprint density at radius 2 is 1.10 bits per heavy atom. The van der Waals surface area contributed by atoms with Crippen LogP contribution in [0.5, 0.6) is 0 Å². The fraction of sp³-hybridized carbons (Fsp3) is 0.662. The maximum Gasteiger partial charge on any atom is 0.176 e. The van der Waals surface area contributed by atoms with E-state index < -0.39 is 0 Å². The molecule has 4 saturated heterocycles. The van der Waals surface area contributed by atoms with Gasteiger partial charge in [-0.25, -0.2) is 0 Å². The summed E-state index contributed by atoms with van der Waals surface area (Å²) in [6.07, 6.45) is 21.7. The summed E-state index contributed by atoms with van der Waals surface area (Å²) < 4.78 is 14.5. The minimum atomic E-state index is -0.173. The summed E-state index contributed by atoms with van der Waals surface area (Å²) in [5.41, 5.74) is 8.74. The summed E-state index contributed by atoms with van der Waals surface area (Å²) in [5, 5.41) is 9.84. The Hall–Kier alpha value is -4.61. The van der Waals surface area contributed by atoms with E-state index >= 15 is 0 Å². The zero-order valence-corrected chi connectivity index (χ0v) is 51.8. The summed E-state index contributed by atoms with van der Waals surface area (Å²) in [6.45, 7) is 21.8. The van der Waals surface area contributed by atoms with Crippen LogP contribution in [0, 0.1) is 81.8 Å². The van der Waals surface area contributed by atoms with Gasteiger partial charge in [0.05, 0.1) is 48.3 Å². The lowest BCUT2D eigenvalue weighted by molar-refractivity contribution is -0.124. The highest BCUT2D eigenvalue weighted by atomic mass is 16.5. The van der Waals surface area contributed by atoms with Crippen LogP contribution in [-0.2, 0) is 23.9 Å². The number of rotatable bonds is 7. The summed E-state index contributed by atoms with van der Waals surface area (Å²) in [5.74, 6) is 6.73. The van der Waals surface area contributed by atoms with Gasteiger partial charge in [-0.1, -0.05) is 131 Å². The monoisotopic (exact) mass is 1140 g/mol. The summed E-state index contributed by atoms with van der Waals surface area (Å²) in [4.78, 5) is 68.5. The number of carbonyl (C=O) groups is 5. The van der Waals surface area contributed by atoms with Crippen LogP contribution >= 0.6 is 0 Å². The third kappa shape index (κ3) is 9.73. The molecule has 2 aromatic rings. The topological polar surface area (TPSA) is 131 Å². The Morgan fingerprint density at radius 1 is 0.619 bits per heavy atom. The van der Waals surface area contributed by atoms with Crippen LogP contribution in [0.2, 0.25) is 0 Å². The molecule has 84 heavy (non-hydrogen) atoms. The number of nitrogens with zero attached hydrogens (tertiary/aromatic N) is 2. The van der Waals surface area contributed by atoms with Crippen molar-refractivity contribution in [2.24, 2.45) is 81.8 Å². The van der Waals surface area contributed by atoms with Gasteiger partial charge >= 0.3 is 0 Å². The lowest BCUT2D eigenvalue weighted by Crippen LogP contribution is -2.53. The number of aliphatic hydroxyl groups is 1. The second-order valence-corrected chi connectivity index (χ2v) is 30.5. The molecule has 0 bridgehead atoms. The van der Waals surface area contributed by atoms with Gasteiger partial charge in [-0.05, 0) is 180 Å². The number of Topliss-reactive ketones (excluding diaryl/α,β-unsaturated/α-hetero) is 4. The molecule has 10 heteroatoms. The number of hydrogen-bond donors (Lipinski definition) is 1. The molecule has 1 N–H and O–H groups in total. The van der Waals surface area contributed by atoms with E-state index in [0.717, 1.165) is 114 Å². The van der Waals surface area contributed by atoms with Crippen molar-refractivity contribution in [2.45, 2.75) is 200 Å². The molecule has 8 aliphatic carbocycles. The molecule has 10 nitrogen and oxygen atoms in total. The smallest absolute Gasteiger partial charge is 0.176 e. The number of fused-ring (bicyclic) bond motifs is 12. The molecule has 12 aliphatic rings. The van der Waals surface area contributed by atoms with Gasteiger partial charge in [-0.3, -0.25) is 33.8 Å². The van der Waals surface area contributed by atoms with Crippen molar-refractivity contribution in [1.29, 1.82) is 0 Å². The van der Waals surface area contributed by atoms with Gasteiger partial charge in [0.1, 0.15) is 0 Å². The van der Waals surface area contributed by atoms with Crippen molar-refractivity contribution in [3.63, 3.8) is 0 Å². The average Bonchev–Trinajstić information content (AvgIpc) is 2.05. The van der Waals surface area contributed by atoms with Gasteiger partial charge < -0.3 is 14.6 Å². The molecule has 4 aliphatic heterocycles. The van der Waals surface area contributed by atoms with Gasteiger partial charge in [0.15, 0.2) is 29.4 Å². The highest BCUT2D eigenvalue weighted by Gasteiger charge is 2.63. The Morgan fingerprint density at radius 3 is 1.60 bits per heavy atom. The van der Waals surface area contributed by atoms with Crippen molar-refractivity contribution in [2.75, 3.05) is 26.2 Å². The first-order valence-corrected chi connectivity index (χ1v) is 33.2. The van der Waals surface area contributed by atoms with Crippen molar-refractivity contribution in [3.05, 3.63) is 118 Å². The van der Waals surface area contributed by atoms with Gasteiger partial charge in [0.25, 0.3) is 0 Å². The van der Waals surface area contributed by atoms with Crippen LogP contribution in [0.1, 0.15) is 185 Å². The first kappa shape index (κ1) is 58.4. The number of likely N-dealkylation sites (tertiary alicyclic amines) is 2. The minimum absolute atomic E-state index is 0.0399. The molecule has 9 fully saturated rings. The molecular formula is C74H96N2O8. The normalized spacial score (nSPS) is 43.9. The Balaban J connectivity index is 0.000000157. The lowest BCUT2D eigenvalue weighted by Gasteiger charge is -2.52. The molecular weight excluding hydrogens is 1040 g/mol. The van der Waals surface area contributed by atoms with Crippen LogP contribution in [0.4, 0.5) is 0 Å². The first-order valence-electron chi connectivity index (χ1n) is 33.2. The third-order valence-electron chi connectivity index (χ3n) is 26.2. The number of ketones is 4. The van der Waals surface area contributed by atoms with Crippen molar-refractivity contribution in [1.82, 2.24) is 9.80 Å². The molecule has 2 aromatic carbocycles. The SMILES string of the molecule is CC1=C2C[C@H]3[C@@H](CC[C@@H]4CC(=O)/C(=C\O)C[C@@]43C)[C@@H]2CC[C@@]2(C1)O[C@@H]1C[C@H](C)CN(CC(=O)c3ccccc3)[C@H]1[C@H]2C.CC1=C2C[C@H]3[C@@H](CC[C@@H]4CC(=O)C(C=O)=C[C@@]43C)[C@@H]2CC[C@@]2(C1)O[C@@H]1C[C@H](C)CN(CC(=O)c3ccccc3)[C@H]1[C@H]2C. The largest absolute Gasteiger partial charge is 0.515 e. The number of allylic oxidation sites excluding steroid dienone is 5. The molecule has 5 saturated carbocycles. The zero-order chi connectivity index (χ0) is 58.8. The molecule has 0 radical (unpaired) electrons. The Labute approximate surface area is 501 Å². The highest BCUT2D eigenvalue weighted by molar-refractivity contribution is 6.12. The van der Waals surface area contributed by atoms with Crippen molar-refractivity contribution >= 4 is 29.4 Å². The van der Waals surface area contributed by atoms with E-state index in [1.54, 1.807) is 16.7 Å². The highest BCUT2D eigenvalue weighted by Crippen LogP contribution is 2.67. The van der Waals surface area contributed by atoms with Crippen molar-refractivity contribution < 1.29 is 38.6 Å². The van der Waals surface area contributed by atoms with E-state index in [2.05, 4.69) is 71.3 Å². The van der Waals surface area contributed by atoms with E-state index in [-0.39, 0.29) is 69.5 Å². The number of aldehydes is 1. The molecule has 2 spiro atoms. The van der Waals surface area contributed by atoms with Gasteiger partial charge in [-0.15, -0.1) is 0 Å². The van der Waals surface area contributed by atoms with E-state index in [1.807, 2.05) is 60.7 Å². The summed E-state index contributed by atoms with van der Waals surface area (Å²) in [6, 6.07) is 20.1. The van der Waals surface area contributed by atoms with E-state index in [9.17, 15) is 29.1 Å². The fourth-order valence-electron chi connectivity index (χ4n) is 22.1. The number of piperidine rings is 2. The first-order chi connectivity index (χ1) is 40.3. The average molecular weight is 1140 g/mol. The van der Waals surface area contributed by atoms with Gasteiger partial charge in [0, 0.05) is 66.6 Å². The maximum absolute atomic E-state index is 13.3. The van der Waals surface area contributed by atoms with Crippen LogP contribution in [0.15, 0.2) is 106 Å². The molecule has 0 aromatic heterocycles. The van der Waals surface area contributed by atoms with Gasteiger partial charge in [-0.2, -0.15) is 0 Å². The Bertz CT molecular complexity index is 3070. The van der Waals surface area contributed by atoms with E-state index in [4.69, 9.17) is 9.47 Å². The standard InChI is InChI=1S/C37H49NO4.C37H47NO4/c2*1-22-14-34-35(38(19-22)20-33(41)25-8-6-5-7-9-25)24(3)37(42-34)13-12-28-29-11-10-27-15-32(40)26(21-39)18-36(27,4)31(29)16-30(28)23(2)17-37/h5-9,21-22,24,27-29,31,34-35,39H,10-20H2,1-4H3;5-9,18,21-22,24,27-29,31,34-35H,10-17,19-20H2,1-4H3/b26-21-;/t2*22-,24+,27+,28-,29-,31-,34+,35-,36-,37-/m00/s1. The maximum atomic E-state index is 13.3. The molecule has 0 amide bonds. The summed E-state index contributed by atoms with van der Waals surface area (Å²) in [7, 11) is 0. The Kier molecular flexibility index (Phi) is 15.4. The minimum Gasteiger partial charge on any atom is -0.515 e. The lowest BCUT2D eigenvalue weighted by atomic mass is 9.51. The molecule has 14 rings (SSSR count). The number of aliphatic hydroxyl groups excluding tert-OH is 1. The predicted octanol–water partition coefficient (Wildman–Crippen LogP) is 13.9. The third-order valence-corrected chi connectivity index (χ3v) is 26.2. The number of benzene rings is 2. The molecule has 450 valence electrons. The van der Waals surface area contributed by atoms with E-state index in [1.165, 1.54) is 24.8 Å². The number of ether oxygens (including phenoxy) is 2. The van der Waals surface area contributed by atoms with Crippen LogP contribution < -0.4 is 0 Å². The van der Waals surface area contributed by atoms with Crippen molar-refractivity contribution in [3.8, 4) is 0 Å². The zero-order valence-electron chi connectivity index (χ0n) is 51.8.